The van der Waals surface area contributed by atoms with E-state index in [4.69, 9.17) is 23.8 Å². The van der Waals surface area contributed by atoms with Gasteiger partial charge in [0.1, 0.15) is 22.3 Å². The topological polar surface area (TPSA) is 74.8 Å². The first kappa shape index (κ1) is 34.9. The average molecular weight is 820 g/mol. The van der Waals surface area contributed by atoms with Crippen LogP contribution in [-0.2, 0) is 0 Å². The second-order valence-corrected chi connectivity index (χ2v) is 16.3. The van der Waals surface area contributed by atoms with Gasteiger partial charge in [-0.3, -0.25) is 4.57 Å². The Morgan fingerprint density at radius 1 is 0.312 bits per heavy atom. The molecule has 0 aliphatic heterocycles. The standard InChI is InChI=1S/C57H33N5O2/c1-3-16-34(17-4-1)36-23-13-30-48-51(36)52-45(27-15-31-49(52)64-48)61-43-25-10-7-20-37(43)39-32-33-40-38-21-8-11-26-44(38)62(54(40)53(39)61)57-59-55(35-18-5-2-6-19-35)58-56(60-57)42-24-14-29-47-50(42)41-22-9-12-28-46(41)63-47/h1-33H. The Morgan fingerprint density at radius 3 is 1.56 bits per heavy atom. The van der Waals surface area contributed by atoms with Gasteiger partial charge in [-0.2, -0.15) is 9.97 Å². The molecule has 0 bridgehead atoms. The highest BCUT2D eigenvalue weighted by atomic mass is 16.3. The van der Waals surface area contributed by atoms with Crippen molar-refractivity contribution in [3.05, 3.63) is 200 Å². The molecule has 5 heterocycles. The largest absolute Gasteiger partial charge is 0.456 e. The number of hydrogen-bond acceptors (Lipinski definition) is 5. The van der Waals surface area contributed by atoms with Crippen LogP contribution in [0.15, 0.2) is 209 Å². The lowest BCUT2D eigenvalue weighted by atomic mass is 9.99. The van der Waals surface area contributed by atoms with Crippen molar-refractivity contribution in [1.82, 2.24) is 24.1 Å². The zero-order valence-corrected chi connectivity index (χ0v) is 34.1. The molecule has 0 unspecified atom stereocenters. The normalized spacial score (nSPS) is 12.1. The van der Waals surface area contributed by atoms with Crippen LogP contribution in [0.4, 0.5) is 0 Å². The summed E-state index contributed by atoms with van der Waals surface area (Å²) in [6.45, 7) is 0. The van der Waals surface area contributed by atoms with E-state index in [-0.39, 0.29) is 0 Å². The van der Waals surface area contributed by atoms with Crippen molar-refractivity contribution in [3.8, 4) is 45.5 Å². The zero-order valence-electron chi connectivity index (χ0n) is 34.1. The second kappa shape index (κ2) is 13.3. The third kappa shape index (κ3) is 4.94. The first-order chi connectivity index (χ1) is 31.8. The molecule has 298 valence electrons. The minimum Gasteiger partial charge on any atom is -0.456 e. The van der Waals surface area contributed by atoms with E-state index in [0.29, 0.717) is 17.6 Å². The number of rotatable bonds is 5. The highest BCUT2D eigenvalue weighted by Crippen LogP contribution is 2.46. The molecule has 0 N–H and O–H groups in total. The van der Waals surface area contributed by atoms with E-state index >= 15 is 0 Å². The Bertz CT molecular complexity index is 4200. The van der Waals surface area contributed by atoms with Crippen LogP contribution in [0.25, 0.3) is 133 Å². The van der Waals surface area contributed by atoms with E-state index in [1.807, 2.05) is 48.5 Å². The summed E-state index contributed by atoms with van der Waals surface area (Å²) >= 11 is 0. The summed E-state index contributed by atoms with van der Waals surface area (Å²) in [5.41, 5.74) is 12.4. The van der Waals surface area contributed by atoms with Gasteiger partial charge in [-0.15, -0.1) is 0 Å². The van der Waals surface area contributed by atoms with Crippen LogP contribution < -0.4 is 0 Å². The van der Waals surface area contributed by atoms with E-state index in [1.165, 1.54) is 0 Å². The van der Waals surface area contributed by atoms with Crippen LogP contribution in [0.3, 0.4) is 0 Å². The molecule has 5 aromatic heterocycles. The molecule has 0 saturated heterocycles. The quantitative estimate of drug-likeness (QED) is 0.173. The number of aromatic nitrogens is 5. The van der Waals surface area contributed by atoms with Crippen molar-refractivity contribution in [2.45, 2.75) is 0 Å². The fourth-order valence-electron chi connectivity index (χ4n) is 10.1. The van der Waals surface area contributed by atoms with Crippen LogP contribution in [0.5, 0.6) is 0 Å². The molecular formula is C57H33N5O2. The zero-order chi connectivity index (χ0) is 41.9. The fraction of sp³-hybridized carbons (Fsp3) is 0. The first-order valence-corrected chi connectivity index (χ1v) is 21.4. The highest BCUT2D eigenvalue weighted by Gasteiger charge is 2.26. The molecule has 0 saturated carbocycles. The fourth-order valence-corrected chi connectivity index (χ4v) is 10.1. The molecule has 0 radical (unpaired) electrons. The lowest BCUT2D eigenvalue weighted by molar-refractivity contribution is 0.668. The van der Waals surface area contributed by atoms with E-state index in [2.05, 4.69) is 161 Å². The van der Waals surface area contributed by atoms with Crippen LogP contribution in [0.1, 0.15) is 0 Å². The second-order valence-electron chi connectivity index (χ2n) is 16.3. The Kier molecular flexibility index (Phi) is 7.27. The third-order valence-electron chi connectivity index (χ3n) is 12.8. The summed E-state index contributed by atoms with van der Waals surface area (Å²) < 4.78 is 17.8. The molecule has 0 atom stereocenters. The van der Waals surface area contributed by atoms with Gasteiger partial charge in [0.25, 0.3) is 0 Å². The number of para-hydroxylation sites is 3. The molecule has 64 heavy (non-hydrogen) atoms. The van der Waals surface area contributed by atoms with Gasteiger partial charge in [-0.05, 0) is 53.6 Å². The van der Waals surface area contributed by atoms with E-state index in [0.717, 1.165) is 115 Å². The summed E-state index contributed by atoms with van der Waals surface area (Å²) in [5, 5.41) is 8.55. The van der Waals surface area contributed by atoms with Gasteiger partial charge in [0.05, 0.1) is 33.1 Å². The van der Waals surface area contributed by atoms with Gasteiger partial charge in [0.2, 0.25) is 5.95 Å². The van der Waals surface area contributed by atoms with Crippen molar-refractivity contribution in [2.75, 3.05) is 0 Å². The Hall–Kier alpha value is -8.81. The van der Waals surface area contributed by atoms with E-state index in [9.17, 15) is 0 Å². The molecule has 0 amide bonds. The minimum atomic E-state index is 0.516. The van der Waals surface area contributed by atoms with Gasteiger partial charge in [-0.1, -0.05) is 158 Å². The molecule has 0 spiro atoms. The lowest BCUT2D eigenvalue weighted by Gasteiger charge is -2.14. The van der Waals surface area contributed by atoms with Crippen LogP contribution >= 0.6 is 0 Å². The van der Waals surface area contributed by atoms with E-state index in [1.54, 1.807) is 0 Å². The van der Waals surface area contributed by atoms with Crippen molar-refractivity contribution in [3.63, 3.8) is 0 Å². The molecular weight excluding hydrogens is 787 g/mol. The Morgan fingerprint density at radius 2 is 0.828 bits per heavy atom. The maximum Gasteiger partial charge on any atom is 0.238 e. The Labute approximate surface area is 364 Å². The van der Waals surface area contributed by atoms with Crippen LogP contribution in [0, 0.1) is 0 Å². The molecule has 9 aromatic carbocycles. The molecule has 14 aromatic rings. The monoisotopic (exact) mass is 819 g/mol. The number of nitrogens with zero attached hydrogens (tertiary/aromatic N) is 5. The number of furan rings is 2. The van der Waals surface area contributed by atoms with Gasteiger partial charge in [0, 0.05) is 48.8 Å². The van der Waals surface area contributed by atoms with E-state index < -0.39 is 0 Å². The molecule has 7 nitrogen and oxygen atoms in total. The maximum atomic E-state index is 6.72. The molecule has 14 rings (SSSR count). The molecule has 0 aliphatic rings. The Balaban J connectivity index is 1.14. The summed E-state index contributed by atoms with van der Waals surface area (Å²) in [7, 11) is 0. The van der Waals surface area contributed by atoms with Crippen LogP contribution in [0.2, 0.25) is 0 Å². The SMILES string of the molecule is c1ccc(-c2nc(-c3cccc4oc5ccccc5c34)nc(-n3c4ccccc4c4ccc5c6ccccc6n(-c6cccc7oc8cccc(-c9ccccc9)c8c67)c5c43)n2)cc1. The number of fused-ring (bicyclic) bond motifs is 13. The van der Waals surface area contributed by atoms with Crippen molar-refractivity contribution < 1.29 is 8.83 Å². The van der Waals surface area contributed by atoms with Gasteiger partial charge < -0.3 is 13.4 Å². The smallest absolute Gasteiger partial charge is 0.238 e. The summed E-state index contributed by atoms with van der Waals surface area (Å²) in [4.78, 5) is 16.1. The van der Waals surface area contributed by atoms with Gasteiger partial charge >= 0.3 is 0 Å². The highest BCUT2D eigenvalue weighted by molar-refractivity contribution is 6.25. The predicted octanol–water partition coefficient (Wildman–Crippen LogP) is 14.9. The number of benzene rings is 9. The lowest BCUT2D eigenvalue weighted by Crippen LogP contribution is -2.07. The summed E-state index contributed by atoms with van der Waals surface area (Å²) in [6.07, 6.45) is 0. The van der Waals surface area contributed by atoms with Gasteiger partial charge in [-0.25, -0.2) is 4.98 Å². The first-order valence-electron chi connectivity index (χ1n) is 21.4. The molecule has 0 fully saturated rings. The van der Waals surface area contributed by atoms with Crippen LogP contribution in [-0.4, -0.2) is 24.1 Å². The average Bonchev–Trinajstić information content (AvgIpc) is 4.12. The van der Waals surface area contributed by atoms with Crippen molar-refractivity contribution in [1.29, 1.82) is 0 Å². The predicted molar refractivity (Wildman–Crippen MR) is 259 cm³/mol. The summed E-state index contributed by atoms with van der Waals surface area (Å²) in [6, 6.07) is 69.5. The maximum absolute atomic E-state index is 6.72. The molecule has 7 heteroatoms. The van der Waals surface area contributed by atoms with Gasteiger partial charge in [0.15, 0.2) is 11.6 Å². The minimum absolute atomic E-state index is 0.516. The molecule has 0 aliphatic carbocycles. The van der Waals surface area contributed by atoms with Crippen molar-refractivity contribution >= 4 is 87.5 Å². The van der Waals surface area contributed by atoms with Crippen molar-refractivity contribution in [2.24, 2.45) is 0 Å². The summed E-state index contributed by atoms with van der Waals surface area (Å²) in [5.74, 6) is 1.65. The number of hydrogen-bond donors (Lipinski definition) is 0. The third-order valence-corrected chi connectivity index (χ3v) is 12.8.